The summed E-state index contributed by atoms with van der Waals surface area (Å²) in [6, 6.07) is 79.6. The van der Waals surface area contributed by atoms with Crippen molar-refractivity contribution in [3.8, 4) is 112 Å². The molecule has 7 aromatic carbocycles. The van der Waals surface area contributed by atoms with Crippen molar-refractivity contribution >= 4 is 0 Å². The topological polar surface area (TPSA) is 51.6 Å². The van der Waals surface area contributed by atoms with Crippen LogP contribution in [0.3, 0.4) is 0 Å². The van der Waals surface area contributed by atoms with Gasteiger partial charge in [-0.15, -0.1) is 0 Å². The van der Waals surface area contributed by atoms with Crippen LogP contribution in [-0.2, 0) is 12.8 Å². The lowest BCUT2D eigenvalue weighted by Gasteiger charge is -2.18. The molecule has 0 radical (unpaired) electrons. The largest absolute Gasteiger partial charge is 0.255 e. The van der Waals surface area contributed by atoms with Crippen LogP contribution in [-0.4, -0.2) is 19.9 Å². The zero-order valence-electron chi connectivity index (χ0n) is 45.0. The first-order chi connectivity index (χ1) is 38.6. The van der Waals surface area contributed by atoms with E-state index in [0.717, 1.165) is 57.9 Å². The molecule has 0 saturated carbocycles. The highest BCUT2D eigenvalue weighted by Gasteiger charge is 2.16. The molecule has 78 heavy (non-hydrogen) atoms. The number of hydrogen-bond donors (Lipinski definition) is 0. The van der Waals surface area contributed by atoms with Crippen LogP contribution in [0.15, 0.2) is 243 Å². The second kappa shape index (κ2) is 24.9. The number of rotatable bonds is 20. The molecule has 4 heteroatoms. The zero-order valence-corrected chi connectivity index (χ0v) is 45.0. The van der Waals surface area contributed by atoms with E-state index < -0.39 is 0 Å². The van der Waals surface area contributed by atoms with E-state index in [1.54, 1.807) is 0 Å². The Morgan fingerprint density at radius 2 is 0.513 bits per heavy atom. The molecule has 0 spiro atoms. The lowest BCUT2D eigenvalue weighted by molar-refractivity contribution is 0.664. The highest BCUT2D eigenvalue weighted by Crippen LogP contribution is 2.38. The molecule has 0 unspecified atom stereocenters. The smallest absolute Gasteiger partial charge is 0.0892 e. The minimum atomic E-state index is 0.875. The van der Waals surface area contributed by atoms with Gasteiger partial charge in [-0.05, 0) is 174 Å². The Hall–Kier alpha value is -8.86. The summed E-state index contributed by atoms with van der Waals surface area (Å²) in [6.07, 6.45) is 19.4. The predicted octanol–water partition coefficient (Wildman–Crippen LogP) is 20.2. The maximum Gasteiger partial charge on any atom is 0.0892 e. The summed E-state index contributed by atoms with van der Waals surface area (Å²) >= 11 is 0. The van der Waals surface area contributed by atoms with Crippen molar-refractivity contribution in [1.82, 2.24) is 19.9 Å². The van der Waals surface area contributed by atoms with E-state index in [9.17, 15) is 0 Å². The van der Waals surface area contributed by atoms with Gasteiger partial charge in [0.25, 0.3) is 0 Å². The molecule has 0 aliphatic heterocycles. The first-order valence-electron chi connectivity index (χ1n) is 28.1. The molecule has 4 heterocycles. The van der Waals surface area contributed by atoms with Gasteiger partial charge in [0.2, 0.25) is 0 Å². The summed E-state index contributed by atoms with van der Waals surface area (Å²) in [6.45, 7) is 4.60. The summed E-state index contributed by atoms with van der Waals surface area (Å²) in [5.41, 5.74) is 26.0. The van der Waals surface area contributed by atoms with E-state index in [-0.39, 0.29) is 0 Å². The number of pyridine rings is 4. The molecule has 11 rings (SSSR count). The maximum absolute atomic E-state index is 4.57. The Kier molecular flexibility index (Phi) is 16.3. The van der Waals surface area contributed by atoms with Crippen molar-refractivity contribution in [2.24, 2.45) is 0 Å². The average Bonchev–Trinajstić information content (AvgIpc) is 3.52. The third kappa shape index (κ3) is 12.2. The normalized spacial score (nSPS) is 11.2. The number of aromatic nitrogens is 4. The Bertz CT molecular complexity index is 3430. The Morgan fingerprint density at radius 1 is 0.231 bits per heavy atom. The van der Waals surface area contributed by atoms with Gasteiger partial charge in [0.15, 0.2) is 0 Å². The van der Waals surface area contributed by atoms with Gasteiger partial charge in [-0.2, -0.15) is 0 Å². The summed E-state index contributed by atoms with van der Waals surface area (Å²) in [7, 11) is 0. The average molecular weight is 1010 g/mol. The number of hydrogen-bond acceptors (Lipinski definition) is 4. The van der Waals surface area contributed by atoms with E-state index in [1.165, 1.54) is 129 Å². The van der Waals surface area contributed by atoms with E-state index >= 15 is 0 Å². The molecule has 11 aromatic rings. The summed E-state index contributed by atoms with van der Waals surface area (Å²) < 4.78 is 0. The predicted molar refractivity (Wildman–Crippen MR) is 328 cm³/mol. The third-order valence-electron chi connectivity index (χ3n) is 15.2. The molecule has 382 valence electrons. The van der Waals surface area contributed by atoms with Gasteiger partial charge in [-0.3, -0.25) is 19.9 Å². The van der Waals surface area contributed by atoms with Crippen LogP contribution in [0.1, 0.15) is 76.3 Å². The molecule has 0 N–H and O–H groups in total. The first kappa shape index (κ1) is 51.3. The standard InChI is InChI=1S/C74H66N4/c1-3-5-7-9-15-67-49-70(64-41-37-60(38-42-64)56-25-21-54(22-26-56)58-29-33-62(34-30-58)66-44-48-78-74(52-66)72-18-12-14-46-76-72)68(16-10-8-6-4-2)50-69(67)63-39-35-59(36-40-63)55-23-19-53(20-24-55)57-27-31-61(32-28-57)65-43-47-77-73(51-65)71-17-11-13-45-75-71/h11-14,17-52H,3-10,15-16H2,1-2H3. The van der Waals surface area contributed by atoms with Gasteiger partial charge in [0.05, 0.1) is 22.8 Å². The van der Waals surface area contributed by atoms with Crippen LogP contribution < -0.4 is 0 Å². The van der Waals surface area contributed by atoms with Gasteiger partial charge in [-0.1, -0.05) is 222 Å². The molecule has 0 bridgehead atoms. The van der Waals surface area contributed by atoms with Crippen molar-refractivity contribution in [2.45, 2.75) is 78.1 Å². The van der Waals surface area contributed by atoms with E-state index in [2.05, 4.69) is 216 Å². The van der Waals surface area contributed by atoms with Gasteiger partial charge in [-0.25, -0.2) is 0 Å². The van der Waals surface area contributed by atoms with Crippen LogP contribution in [0.2, 0.25) is 0 Å². The quantitative estimate of drug-likeness (QED) is 0.0714. The van der Waals surface area contributed by atoms with Crippen LogP contribution in [0.25, 0.3) is 112 Å². The zero-order chi connectivity index (χ0) is 52.9. The Balaban J connectivity index is 0.808. The maximum atomic E-state index is 4.57. The van der Waals surface area contributed by atoms with Crippen molar-refractivity contribution in [1.29, 1.82) is 0 Å². The second-order valence-corrected chi connectivity index (χ2v) is 20.5. The van der Waals surface area contributed by atoms with Gasteiger partial charge < -0.3 is 0 Å². The highest BCUT2D eigenvalue weighted by atomic mass is 14.8. The third-order valence-corrected chi connectivity index (χ3v) is 15.2. The van der Waals surface area contributed by atoms with E-state index in [1.807, 2.05) is 61.2 Å². The minimum absolute atomic E-state index is 0.875. The van der Waals surface area contributed by atoms with E-state index in [4.69, 9.17) is 0 Å². The lowest BCUT2D eigenvalue weighted by Crippen LogP contribution is -1.99. The van der Waals surface area contributed by atoms with Crippen molar-refractivity contribution in [2.75, 3.05) is 0 Å². The van der Waals surface area contributed by atoms with E-state index in [0.29, 0.717) is 0 Å². The number of unbranched alkanes of at least 4 members (excludes halogenated alkanes) is 6. The molecule has 0 saturated heterocycles. The molecular formula is C74H66N4. The second-order valence-electron chi connectivity index (χ2n) is 20.5. The summed E-state index contributed by atoms with van der Waals surface area (Å²) in [5, 5.41) is 0. The summed E-state index contributed by atoms with van der Waals surface area (Å²) in [4.78, 5) is 18.1. The van der Waals surface area contributed by atoms with Gasteiger partial charge in [0.1, 0.15) is 0 Å². The van der Waals surface area contributed by atoms with Crippen molar-refractivity contribution in [3.05, 3.63) is 254 Å². The Labute approximate surface area is 461 Å². The fraction of sp³-hybridized carbons (Fsp3) is 0.162. The van der Waals surface area contributed by atoms with Crippen LogP contribution >= 0.6 is 0 Å². The SMILES string of the molecule is CCCCCCc1cc(-c2ccc(-c3ccc(-c4ccc(-c5ccnc(-c6ccccn6)c5)cc4)cc3)cc2)c(CCCCCC)cc1-c1ccc(-c2ccc(-c3ccc(-c4ccnc(-c5ccccn5)c4)cc3)cc2)cc1. The van der Waals surface area contributed by atoms with Crippen molar-refractivity contribution in [3.63, 3.8) is 0 Å². The number of aryl methyl sites for hydroxylation is 2. The molecule has 0 amide bonds. The molecule has 4 nitrogen and oxygen atoms in total. The van der Waals surface area contributed by atoms with Crippen LogP contribution in [0.4, 0.5) is 0 Å². The molecule has 0 fully saturated rings. The molecule has 4 aromatic heterocycles. The lowest BCUT2D eigenvalue weighted by atomic mass is 9.86. The Morgan fingerprint density at radius 3 is 0.795 bits per heavy atom. The number of benzene rings is 7. The van der Waals surface area contributed by atoms with Crippen LogP contribution in [0.5, 0.6) is 0 Å². The molecular weight excluding hydrogens is 945 g/mol. The first-order valence-corrected chi connectivity index (χ1v) is 28.1. The van der Waals surface area contributed by atoms with Gasteiger partial charge >= 0.3 is 0 Å². The van der Waals surface area contributed by atoms with Crippen molar-refractivity contribution < 1.29 is 0 Å². The van der Waals surface area contributed by atoms with Gasteiger partial charge in [0, 0.05) is 24.8 Å². The monoisotopic (exact) mass is 1010 g/mol. The van der Waals surface area contributed by atoms with Crippen LogP contribution in [0, 0.1) is 0 Å². The molecule has 0 aliphatic carbocycles. The number of nitrogens with zero attached hydrogens (tertiary/aromatic N) is 4. The fourth-order valence-corrected chi connectivity index (χ4v) is 10.8. The highest BCUT2D eigenvalue weighted by molar-refractivity contribution is 5.81. The fourth-order valence-electron chi connectivity index (χ4n) is 10.8. The minimum Gasteiger partial charge on any atom is -0.255 e. The molecule has 0 aliphatic rings. The summed E-state index contributed by atoms with van der Waals surface area (Å²) in [5.74, 6) is 0. The molecule has 0 atom stereocenters.